The molecule has 0 bridgehead atoms. The summed E-state index contributed by atoms with van der Waals surface area (Å²) in [6.07, 6.45) is 2.00. The van der Waals surface area contributed by atoms with Gasteiger partial charge in [-0.25, -0.2) is 4.39 Å². The van der Waals surface area contributed by atoms with Crippen molar-refractivity contribution < 1.29 is 4.39 Å². The molecule has 0 heterocycles. The summed E-state index contributed by atoms with van der Waals surface area (Å²) in [4.78, 5) is 0. The summed E-state index contributed by atoms with van der Waals surface area (Å²) in [5.74, 6) is 0.178. The van der Waals surface area contributed by atoms with Crippen LogP contribution >= 0.6 is 27.5 Å². The van der Waals surface area contributed by atoms with Crippen molar-refractivity contribution in [2.75, 3.05) is 7.05 Å². The van der Waals surface area contributed by atoms with Gasteiger partial charge >= 0.3 is 0 Å². The first-order valence-corrected chi connectivity index (χ1v) is 8.13. The summed E-state index contributed by atoms with van der Waals surface area (Å²) in [7, 11) is 1.86. The maximum atomic E-state index is 14.3. The number of hydrogen-bond donors (Lipinski definition) is 1. The first-order valence-electron chi connectivity index (χ1n) is 6.96. The van der Waals surface area contributed by atoms with E-state index in [4.69, 9.17) is 11.6 Å². The molecule has 0 saturated heterocycles. The lowest BCUT2D eigenvalue weighted by Crippen LogP contribution is -2.22. The van der Waals surface area contributed by atoms with E-state index in [9.17, 15) is 4.39 Å². The third-order valence-electron chi connectivity index (χ3n) is 3.39. The topological polar surface area (TPSA) is 12.0 Å². The van der Waals surface area contributed by atoms with Crippen molar-refractivity contribution >= 4 is 27.5 Å². The Kier molecular flexibility index (Phi) is 6.49. The van der Waals surface area contributed by atoms with E-state index in [0.717, 1.165) is 12.8 Å². The van der Waals surface area contributed by atoms with Crippen molar-refractivity contribution in [1.29, 1.82) is 0 Å². The Balaban J connectivity index is 2.89. The van der Waals surface area contributed by atoms with Crippen LogP contribution in [0.3, 0.4) is 0 Å². The summed E-state index contributed by atoms with van der Waals surface area (Å²) in [6.45, 7) is 8.91. The molecule has 1 aromatic carbocycles. The lowest BCUT2D eigenvalue weighted by Gasteiger charge is -2.27. The first-order chi connectivity index (χ1) is 9.15. The van der Waals surface area contributed by atoms with Gasteiger partial charge in [-0.3, -0.25) is 0 Å². The van der Waals surface area contributed by atoms with Crippen molar-refractivity contribution in [3.63, 3.8) is 0 Å². The molecule has 1 rings (SSSR count). The molecule has 114 valence electrons. The second-order valence-corrected chi connectivity index (χ2v) is 7.94. The van der Waals surface area contributed by atoms with Crippen LogP contribution in [-0.2, 0) is 0 Å². The van der Waals surface area contributed by atoms with E-state index in [1.807, 2.05) is 7.05 Å². The Hall–Kier alpha value is -0.120. The second-order valence-electron chi connectivity index (χ2n) is 6.71. The summed E-state index contributed by atoms with van der Waals surface area (Å²) in [6, 6.07) is 3.59. The van der Waals surface area contributed by atoms with Crippen LogP contribution in [0.5, 0.6) is 0 Å². The zero-order valence-corrected chi connectivity index (χ0v) is 15.2. The smallest absolute Gasteiger partial charge is 0.147 e. The SMILES string of the molecule is CNC(CC(C)CC(C)(C)C)c1ccc(Br)c(Cl)c1F. The van der Waals surface area contributed by atoms with E-state index in [1.54, 1.807) is 12.1 Å². The lowest BCUT2D eigenvalue weighted by atomic mass is 9.82. The molecule has 0 aromatic heterocycles. The molecule has 0 fully saturated rings. The Morgan fingerprint density at radius 3 is 2.45 bits per heavy atom. The standard InChI is InChI=1S/C16H24BrClFN/c1-10(9-16(2,3)4)8-13(20-5)11-6-7-12(17)14(18)15(11)19/h6-7,10,13,20H,8-9H2,1-5H3. The predicted octanol–water partition coefficient (Wildman–Crippen LogP) is 5.96. The van der Waals surface area contributed by atoms with Crippen LogP contribution in [0.1, 0.15) is 52.1 Å². The molecular weight excluding hydrogens is 341 g/mol. The number of nitrogens with one attached hydrogen (secondary N) is 1. The van der Waals surface area contributed by atoms with Gasteiger partial charge in [0.05, 0.1) is 5.02 Å². The molecule has 0 aliphatic heterocycles. The van der Waals surface area contributed by atoms with Crippen molar-refractivity contribution in [3.8, 4) is 0 Å². The lowest BCUT2D eigenvalue weighted by molar-refractivity contribution is 0.277. The van der Waals surface area contributed by atoms with Gasteiger partial charge in [-0.05, 0) is 53.2 Å². The van der Waals surface area contributed by atoms with Gasteiger partial charge in [0.1, 0.15) is 5.82 Å². The molecule has 0 amide bonds. The summed E-state index contributed by atoms with van der Waals surface area (Å²) in [5, 5.41) is 3.37. The van der Waals surface area contributed by atoms with Crippen molar-refractivity contribution in [3.05, 3.63) is 33.0 Å². The third-order valence-corrected chi connectivity index (χ3v) is 4.65. The van der Waals surface area contributed by atoms with Crippen LogP contribution in [0.25, 0.3) is 0 Å². The highest BCUT2D eigenvalue weighted by molar-refractivity contribution is 9.10. The van der Waals surface area contributed by atoms with Gasteiger partial charge in [0.15, 0.2) is 0 Å². The van der Waals surface area contributed by atoms with Crippen LogP contribution in [0.4, 0.5) is 4.39 Å². The highest BCUT2D eigenvalue weighted by Crippen LogP contribution is 2.34. The molecule has 0 aliphatic carbocycles. The Morgan fingerprint density at radius 2 is 1.95 bits per heavy atom. The van der Waals surface area contributed by atoms with Crippen LogP contribution in [0, 0.1) is 17.2 Å². The Labute approximate surface area is 135 Å². The maximum Gasteiger partial charge on any atom is 0.147 e. The van der Waals surface area contributed by atoms with Crippen LogP contribution in [-0.4, -0.2) is 7.05 Å². The average molecular weight is 365 g/mol. The van der Waals surface area contributed by atoms with E-state index >= 15 is 0 Å². The number of hydrogen-bond acceptors (Lipinski definition) is 1. The Morgan fingerprint density at radius 1 is 1.35 bits per heavy atom. The molecule has 2 atom stereocenters. The van der Waals surface area contributed by atoms with Gasteiger partial charge in [0, 0.05) is 16.1 Å². The minimum Gasteiger partial charge on any atom is -0.313 e. The van der Waals surface area contributed by atoms with Gasteiger partial charge in [0.25, 0.3) is 0 Å². The fourth-order valence-corrected chi connectivity index (χ4v) is 3.22. The molecule has 1 N–H and O–H groups in total. The van der Waals surface area contributed by atoms with E-state index < -0.39 is 0 Å². The van der Waals surface area contributed by atoms with Gasteiger partial charge < -0.3 is 5.32 Å². The molecule has 0 aliphatic rings. The quantitative estimate of drug-likeness (QED) is 0.635. The summed E-state index contributed by atoms with van der Waals surface area (Å²) < 4.78 is 14.9. The van der Waals surface area contributed by atoms with E-state index in [0.29, 0.717) is 16.0 Å². The largest absolute Gasteiger partial charge is 0.313 e. The number of benzene rings is 1. The van der Waals surface area contributed by atoms with Crippen LogP contribution < -0.4 is 5.32 Å². The van der Waals surface area contributed by atoms with Gasteiger partial charge in [-0.2, -0.15) is 0 Å². The molecule has 1 aromatic rings. The molecule has 1 nitrogen and oxygen atoms in total. The molecular formula is C16H24BrClFN. The molecule has 0 saturated carbocycles. The molecule has 4 heteroatoms. The zero-order chi connectivity index (χ0) is 15.5. The summed E-state index contributed by atoms with van der Waals surface area (Å²) >= 11 is 9.23. The number of halogens is 3. The summed E-state index contributed by atoms with van der Waals surface area (Å²) in [5.41, 5.74) is 0.926. The van der Waals surface area contributed by atoms with Gasteiger partial charge in [-0.1, -0.05) is 45.4 Å². The minimum atomic E-state index is -0.330. The predicted molar refractivity (Wildman–Crippen MR) is 88.8 cm³/mol. The normalized spacial score (nSPS) is 15.2. The van der Waals surface area contributed by atoms with Crippen LogP contribution in [0.2, 0.25) is 5.02 Å². The molecule has 0 radical (unpaired) electrons. The minimum absolute atomic E-state index is 0.0158. The monoisotopic (exact) mass is 363 g/mol. The first kappa shape index (κ1) is 17.9. The van der Waals surface area contributed by atoms with Crippen LogP contribution in [0.15, 0.2) is 16.6 Å². The van der Waals surface area contributed by atoms with E-state index in [-0.39, 0.29) is 22.3 Å². The maximum absolute atomic E-state index is 14.3. The van der Waals surface area contributed by atoms with Crippen molar-refractivity contribution in [2.45, 2.75) is 46.6 Å². The van der Waals surface area contributed by atoms with Gasteiger partial charge in [0.2, 0.25) is 0 Å². The average Bonchev–Trinajstić information content (AvgIpc) is 2.32. The van der Waals surface area contributed by atoms with Gasteiger partial charge in [-0.15, -0.1) is 0 Å². The molecule has 2 unspecified atom stereocenters. The van der Waals surface area contributed by atoms with E-state index in [1.165, 1.54) is 0 Å². The number of rotatable bonds is 5. The second kappa shape index (κ2) is 7.24. The Bertz CT molecular complexity index is 457. The highest BCUT2D eigenvalue weighted by atomic mass is 79.9. The highest BCUT2D eigenvalue weighted by Gasteiger charge is 2.22. The van der Waals surface area contributed by atoms with Crippen molar-refractivity contribution in [1.82, 2.24) is 5.32 Å². The van der Waals surface area contributed by atoms with E-state index in [2.05, 4.69) is 48.9 Å². The molecule has 0 spiro atoms. The molecule has 20 heavy (non-hydrogen) atoms. The fraction of sp³-hybridized carbons (Fsp3) is 0.625. The third kappa shape index (κ3) is 5.01. The van der Waals surface area contributed by atoms with Crippen molar-refractivity contribution in [2.24, 2.45) is 11.3 Å². The fourth-order valence-electron chi connectivity index (χ4n) is 2.74. The zero-order valence-electron chi connectivity index (χ0n) is 12.9.